The summed E-state index contributed by atoms with van der Waals surface area (Å²) in [5, 5.41) is 33.7. The Balaban J connectivity index is 1.58. The molecule has 2 aliphatic heterocycles. The molecule has 0 saturated carbocycles. The van der Waals surface area contributed by atoms with E-state index in [1.807, 2.05) is 19.9 Å². The number of hydrogen-bond acceptors (Lipinski definition) is 9. The van der Waals surface area contributed by atoms with Crippen molar-refractivity contribution >= 4 is 11.8 Å². The van der Waals surface area contributed by atoms with Crippen molar-refractivity contribution in [3.8, 4) is 23.0 Å². The van der Waals surface area contributed by atoms with Crippen LogP contribution in [-0.4, -0.2) is 77.3 Å². The molecule has 4 N–H and O–H groups in total. The van der Waals surface area contributed by atoms with Gasteiger partial charge in [0.25, 0.3) is 0 Å². The summed E-state index contributed by atoms with van der Waals surface area (Å²) in [6.07, 6.45) is -0.255. The van der Waals surface area contributed by atoms with Crippen molar-refractivity contribution in [3.63, 3.8) is 0 Å². The van der Waals surface area contributed by atoms with Crippen LogP contribution >= 0.6 is 0 Å². The minimum Gasteiger partial charge on any atom is -0.493 e. The summed E-state index contributed by atoms with van der Waals surface area (Å²) in [5.41, 5.74) is 2.22. The smallest absolute Gasteiger partial charge is 0.247 e. The molecule has 41 heavy (non-hydrogen) atoms. The van der Waals surface area contributed by atoms with Crippen LogP contribution in [0.15, 0.2) is 42.0 Å². The number of nitrogens with one attached hydrogen (secondary N) is 1. The van der Waals surface area contributed by atoms with Gasteiger partial charge < -0.3 is 44.5 Å². The van der Waals surface area contributed by atoms with Crippen molar-refractivity contribution in [2.75, 3.05) is 27.1 Å². The van der Waals surface area contributed by atoms with E-state index < -0.39 is 30.1 Å². The molecule has 2 aromatic carbocycles. The Labute approximate surface area is 238 Å². The zero-order chi connectivity index (χ0) is 29.3. The van der Waals surface area contributed by atoms with Crippen LogP contribution in [0.25, 0.3) is 0 Å². The fraction of sp³-hybridized carbons (Fsp3) is 0.467. The van der Waals surface area contributed by atoms with Crippen molar-refractivity contribution in [2.24, 2.45) is 5.92 Å². The van der Waals surface area contributed by atoms with Crippen molar-refractivity contribution in [1.82, 2.24) is 10.2 Å². The average molecular weight is 569 g/mol. The maximum atomic E-state index is 13.7. The van der Waals surface area contributed by atoms with E-state index in [0.717, 1.165) is 5.56 Å². The van der Waals surface area contributed by atoms with E-state index in [4.69, 9.17) is 18.9 Å². The molecular weight excluding hydrogens is 532 g/mol. The standard InChI is InChI=1S/C30H36N2O9/c1-16(2)8-25(35)32(13-17-4-5-22-23(10-17)40-15-39-22)21-12-20(30(37)31-6-7-33)26-19-9-18(14-34)11-24(38-3)28(19)41-29(26)27(21)36/h4-5,9-12,16,21,26-27,29,33-34,36H,6-8,13-15H2,1-3H3,(H,31,37)/t21-,26+,27+,29+/m1/s1. The molecule has 3 aliphatic rings. The van der Waals surface area contributed by atoms with Gasteiger partial charge in [0.05, 0.1) is 32.3 Å². The van der Waals surface area contributed by atoms with E-state index in [9.17, 15) is 24.9 Å². The molecule has 0 fully saturated rings. The van der Waals surface area contributed by atoms with E-state index in [1.165, 1.54) is 7.11 Å². The Morgan fingerprint density at radius 2 is 1.90 bits per heavy atom. The summed E-state index contributed by atoms with van der Waals surface area (Å²) in [5.74, 6) is 0.651. The van der Waals surface area contributed by atoms with Crippen molar-refractivity contribution < 1.29 is 43.9 Å². The molecule has 220 valence electrons. The zero-order valence-corrected chi connectivity index (χ0v) is 23.3. The number of rotatable bonds is 10. The average Bonchev–Trinajstić information content (AvgIpc) is 3.59. The van der Waals surface area contributed by atoms with Gasteiger partial charge in [-0.15, -0.1) is 0 Å². The van der Waals surface area contributed by atoms with E-state index in [-0.39, 0.29) is 51.3 Å². The molecule has 2 amide bonds. The van der Waals surface area contributed by atoms with Crippen LogP contribution in [0.5, 0.6) is 23.0 Å². The minimum atomic E-state index is -1.20. The van der Waals surface area contributed by atoms with Gasteiger partial charge in [-0.1, -0.05) is 19.9 Å². The fourth-order valence-corrected chi connectivity index (χ4v) is 5.68. The van der Waals surface area contributed by atoms with Crippen LogP contribution in [0.1, 0.15) is 42.9 Å². The molecule has 0 bridgehead atoms. The topological polar surface area (TPSA) is 147 Å². The molecule has 11 nitrogen and oxygen atoms in total. The molecule has 0 radical (unpaired) electrons. The predicted octanol–water partition coefficient (Wildman–Crippen LogP) is 1.61. The first-order valence-electron chi connectivity index (χ1n) is 13.7. The first-order chi connectivity index (χ1) is 19.7. The Hall–Kier alpha value is -3.80. The highest BCUT2D eigenvalue weighted by Crippen LogP contribution is 2.51. The molecule has 2 aromatic rings. The fourth-order valence-electron chi connectivity index (χ4n) is 5.68. The number of hydrogen-bond donors (Lipinski definition) is 4. The number of carbonyl (C=O) groups is 2. The molecule has 0 saturated heterocycles. The molecule has 2 heterocycles. The van der Waals surface area contributed by atoms with E-state index in [1.54, 1.807) is 35.2 Å². The highest BCUT2D eigenvalue weighted by Gasteiger charge is 2.51. The van der Waals surface area contributed by atoms with Crippen LogP contribution < -0.4 is 24.3 Å². The number of aliphatic hydroxyl groups excluding tert-OH is 3. The van der Waals surface area contributed by atoms with Crippen LogP contribution in [0, 0.1) is 5.92 Å². The Morgan fingerprint density at radius 1 is 1.12 bits per heavy atom. The Kier molecular flexibility index (Phi) is 8.39. The number of carbonyl (C=O) groups excluding carboxylic acids is 2. The molecule has 0 spiro atoms. The Bertz CT molecular complexity index is 1340. The summed E-state index contributed by atoms with van der Waals surface area (Å²) in [7, 11) is 1.48. The zero-order valence-electron chi connectivity index (χ0n) is 23.3. The summed E-state index contributed by atoms with van der Waals surface area (Å²) in [6.45, 7) is 3.67. The van der Waals surface area contributed by atoms with E-state index in [0.29, 0.717) is 39.7 Å². The summed E-state index contributed by atoms with van der Waals surface area (Å²) in [6, 6.07) is 7.90. The summed E-state index contributed by atoms with van der Waals surface area (Å²) >= 11 is 0. The number of nitrogens with zero attached hydrogens (tertiary/aromatic N) is 1. The van der Waals surface area contributed by atoms with Gasteiger partial charge in [-0.25, -0.2) is 0 Å². The summed E-state index contributed by atoms with van der Waals surface area (Å²) in [4.78, 5) is 28.7. The van der Waals surface area contributed by atoms with Gasteiger partial charge in [-0.05, 0) is 47.4 Å². The molecular formula is C30H36N2O9. The quantitative estimate of drug-likeness (QED) is 0.336. The van der Waals surface area contributed by atoms with Gasteiger partial charge in [-0.2, -0.15) is 0 Å². The number of amides is 2. The Morgan fingerprint density at radius 3 is 2.61 bits per heavy atom. The third-order valence-corrected chi connectivity index (χ3v) is 7.55. The van der Waals surface area contributed by atoms with Gasteiger partial charge in [0.15, 0.2) is 23.0 Å². The molecule has 4 atom stereocenters. The van der Waals surface area contributed by atoms with Gasteiger partial charge in [-0.3, -0.25) is 9.59 Å². The van der Waals surface area contributed by atoms with Crippen molar-refractivity contribution in [3.05, 3.63) is 58.7 Å². The molecule has 11 heteroatoms. The lowest BCUT2D eigenvalue weighted by Crippen LogP contribution is -2.55. The molecule has 5 rings (SSSR count). The normalized spacial score (nSPS) is 22.0. The lowest BCUT2D eigenvalue weighted by molar-refractivity contribution is -0.138. The first-order valence-corrected chi connectivity index (χ1v) is 13.7. The van der Waals surface area contributed by atoms with Crippen LogP contribution in [0.2, 0.25) is 0 Å². The molecule has 0 unspecified atom stereocenters. The number of fused-ring (bicyclic) bond motifs is 4. The number of aliphatic hydroxyl groups is 3. The van der Waals surface area contributed by atoms with E-state index >= 15 is 0 Å². The maximum Gasteiger partial charge on any atom is 0.247 e. The molecule has 1 aliphatic carbocycles. The number of ether oxygens (including phenoxy) is 4. The van der Waals surface area contributed by atoms with Crippen LogP contribution in [-0.2, 0) is 22.7 Å². The monoisotopic (exact) mass is 568 g/mol. The predicted molar refractivity (Wildman–Crippen MR) is 147 cm³/mol. The largest absolute Gasteiger partial charge is 0.493 e. The highest BCUT2D eigenvalue weighted by atomic mass is 16.7. The number of methoxy groups -OCH3 is 1. The first kappa shape index (κ1) is 28.7. The van der Waals surface area contributed by atoms with Gasteiger partial charge >= 0.3 is 0 Å². The third kappa shape index (κ3) is 5.57. The van der Waals surface area contributed by atoms with Crippen molar-refractivity contribution in [1.29, 1.82) is 0 Å². The van der Waals surface area contributed by atoms with Gasteiger partial charge in [0.1, 0.15) is 12.2 Å². The summed E-state index contributed by atoms with van der Waals surface area (Å²) < 4.78 is 22.7. The second-order valence-electron chi connectivity index (χ2n) is 10.8. The highest BCUT2D eigenvalue weighted by molar-refractivity contribution is 5.96. The third-order valence-electron chi connectivity index (χ3n) is 7.55. The number of benzene rings is 2. The van der Waals surface area contributed by atoms with Gasteiger partial charge in [0, 0.05) is 30.6 Å². The molecule has 0 aromatic heterocycles. The second kappa shape index (κ2) is 12.0. The lowest BCUT2D eigenvalue weighted by atomic mass is 9.77. The van der Waals surface area contributed by atoms with Crippen LogP contribution in [0.4, 0.5) is 0 Å². The second-order valence-corrected chi connectivity index (χ2v) is 10.8. The minimum absolute atomic E-state index is 0.0295. The van der Waals surface area contributed by atoms with Gasteiger partial charge in [0.2, 0.25) is 18.6 Å². The van der Waals surface area contributed by atoms with Crippen LogP contribution in [0.3, 0.4) is 0 Å². The van der Waals surface area contributed by atoms with Crippen molar-refractivity contribution in [2.45, 2.75) is 57.6 Å². The lowest BCUT2D eigenvalue weighted by Gasteiger charge is -2.41. The maximum absolute atomic E-state index is 13.7. The van der Waals surface area contributed by atoms with E-state index in [2.05, 4.69) is 5.32 Å². The SMILES string of the molecule is COc1cc(CO)cc2c1O[C@@H]1[C@@H](O)[C@H](N(Cc3ccc4c(c3)OCO4)C(=O)CC(C)C)C=C(C(=O)NCCO)[C@H]21.